The highest BCUT2D eigenvalue weighted by Crippen LogP contribution is 2.29. The van der Waals surface area contributed by atoms with Crippen LogP contribution in [0.3, 0.4) is 0 Å². The number of amides is 5. The van der Waals surface area contributed by atoms with Crippen molar-refractivity contribution in [3.63, 3.8) is 0 Å². The lowest BCUT2D eigenvalue weighted by molar-refractivity contribution is 0.0518. The quantitative estimate of drug-likeness (QED) is 0.667. The first kappa shape index (κ1) is 18.4. The SMILES string of the molecule is O=C(NN1C(=O)c2ccccc2C1=O)c1cccc(N2C(=O)c3ccccc3C2=O)c1. The summed E-state index contributed by atoms with van der Waals surface area (Å²) in [6, 6.07) is 18.6. The molecule has 0 unspecified atom stereocenters. The second-order valence-electron chi connectivity index (χ2n) is 6.97. The molecule has 3 aromatic carbocycles. The Labute approximate surface area is 175 Å². The predicted octanol–water partition coefficient (Wildman–Crippen LogP) is 2.43. The number of hydrogen-bond donors (Lipinski definition) is 1. The molecule has 0 aromatic heterocycles. The van der Waals surface area contributed by atoms with Crippen LogP contribution in [0.4, 0.5) is 5.69 Å². The number of nitrogens with zero attached hydrogens (tertiary/aromatic N) is 2. The number of rotatable bonds is 3. The Morgan fingerprint density at radius 3 is 1.61 bits per heavy atom. The zero-order chi connectivity index (χ0) is 21.7. The summed E-state index contributed by atoms with van der Waals surface area (Å²) in [6.07, 6.45) is 0. The van der Waals surface area contributed by atoms with Crippen LogP contribution in [0.25, 0.3) is 0 Å². The van der Waals surface area contributed by atoms with Gasteiger partial charge in [0, 0.05) is 5.56 Å². The number of fused-ring (bicyclic) bond motifs is 2. The maximum atomic E-state index is 12.7. The van der Waals surface area contributed by atoms with E-state index in [1.165, 1.54) is 36.4 Å². The number of anilines is 1. The zero-order valence-corrected chi connectivity index (χ0v) is 15.9. The summed E-state index contributed by atoms with van der Waals surface area (Å²) in [5, 5.41) is 0.654. The highest BCUT2D eigenvalue weighted by atomic mass is 16.2. The van der Waals surface area contributed by atoms with Gasteiger partial charge in [-0.25, -0.2) is 4.90 Å². The Bertz CT molecular complexity index is 1260. The summed E-state index contributed by atoms with van der Waals surface area (Å²) < 4.78 is 0. The molecule has 0 aliphatic carbocycles. The molecule has 1 N–H and O–H groups in total. The third-order valence-corrected chi connectivity index (χ3v) is 5.17. The standard InChI is InChI=1S/C23H13N3O5/c27-19(24-26-22(30)17-10-3-4-11-18(17)23(26)31)13-6-5-7-14(12-13)25-20(28)15-8-1-2-9-16(15)21(25)29/h1-12H,(H,24,27). The van der Waals surface area contributed by atoms with Crippen molar-refractivity contribution in [2.45, 2.75) is 0 Å². The van der Waals surface area contributed by atoms with Gasteiger partial charge in [-0.3, -0.25) is 29.4 Å². The molecule has 8 nitrogen and oxygen atoms in total. The van der Waals surface area contributed by atoms with E-state index in [1.807, 2.05) is 0 Å². The van der Waals surface area contributed by atoms with E-state index in [0.717, 1.165) is 4.90 Å². The minimum atomic E-state index is -0.729. The zero-order valence-electron chi connectivity index (χ0n) is 15.9. The van der Waals surface area contributed by atoms with Crippen molar-refractivity contribution in [3.8, 4) is 0 Å². The lowest BCUT2D eigenvalue weighted by Gasteiger charge is -2.17. The first-order chi connectivity index (χ1) is 15.0. The fourth-order valence-electron chi connectivity index (χ4n) is 3.67. The number of hydrazine groups is 1. The van der Waals surface area contributed by atoms with Crippen LogP contribution < -0.4 is 10.3 Å². The van der Waals surface area contributed by atoms with E-state index in [9.17, 15) is 24.0 Å². The minimum Gasteiger partial charge on any atom is -0.268 e. The molecule has 2 heterocycles. The van der Waals surface area contributed by atoms with Gasteiger partial charge in [0.15, 0.2) is 0 Å². The maximum Gasteiger partial charge on any atom is 0.280 e. The van der Waals surface area contributed by atoms with Crippen molar-refractivity contribution in [2.75, 3.05) is 4.90 Å². The highest BCUT2D eigenvalue weighted by Gasteiger charge is 2.38. The van der Waals surface area contributed by atoms with E-state index >= 15 is 0 Å². The summed E-state index contributed by atoms with van der Waals surface area (Å²) in [5.74, 6) is -2.97. The van der Waals surface area contributed by atoms with Crippen molar-refractivity contribution in [2.24, 2.45) is 0 Å². The summed E-state index contributed by atoms with van der Waals surface area (Å²) in [5.41, 5.74) is 3.56. The second kappa shape index (κ2) is 6.74. The monoisotopic (exact) mass is 411 g/mol. The van der Waals surface area contributed by atoms with Crippen molar-refractivity contribution >= 4 is 35.2 Å². The molecule has 5 rings (SSSR count). The molecule has 0 saturated heterocycles. The average molecular weight is 411 g/mol. The van der Waals surface area contributed by atoms with Crippen LogP contribution >= 0.6 is 0 Å². The average Bonchev–Trinajstić information content (AvgIpc) is 3.19. The Hall–Kier alpha value is -4.59. The van der Waals surface area contributed by atoms with Gasteiger partial charge in [-0.1, -0.05) is 30.3 Å². The number of nitrogens with one attached hydrogen (secondary N) is 1. The molecule has 0 bridgehead atoms. The Morgan fingerprint density at radius 2 is 1.10 bits per heavy atom. The van der Waals surface area contributed by atoms with Crippen molar-refractivity contribution in [1.29, 1.82) is 0 Å². The number of carbonyl (C=O) groups excluding carboxylic acids is 5. The maximum absolute atomic E-state index is 12.7. The van der Waals surface area contributed by atoms with E-state index in [1.54, 1.807) is 36.4 Å². The molecule has 0 radical (unpaired) electrons. The van der Waals surface area contributed by atoms with Crippen LogP contribution in [0.2, 0.25) is 0 Å². The number of benzene rings is 3. The molecule has 0 atom stereocenters. The summed E-state index contributed by atoms with van der Waals surface area (Å²) in [6.45, 7) is 0. The first-order valence-corrected chi connectivity index (χ1v) is 9.34. The van der Waals surface area contributed by atoms with Crippen molar-refractivity contribution in [1.82, 2.24) is 10.4 Å². The van der Waals surface area contributed by atoms with Crippen LogP contribution in [0.1, 0.15) is 51.8 Å². The molecule has 2 aliphatic heterocycles. The molecule has 31 heavy (non-hydrogen) atoms. The molecular formula is C23H13N3O5. The van der Waals surface area contributed by atoms with E-state index < -0.39 is 29.5 Å². The van der Waals surface area contributed by atoms with Gasteiger partial charge in [0.1, 0.15) is 0 Å². The van der Waals surface area contributed by atoms with Crippen molar-refractivity contribution < 1.29 is 24.0 Å². The fraction of sp³-hybridized carbons (Fsp3) is 0. The van der Waals surface area contributed by atoms with Gasteiger partial charge in [0.05, 0.1) is 27.9 Å². The number of carbonyl (C=O) groups is 5. The Balaban J connectivity index is 1.41. The topological polar surface area (TPSA) is 104 Å². The lowest BCUT2D eigenvalue weighted by Crippen LogP contribution is -2.45. The van der Waals surface area contributed by atoms with Crippen LogP contribution in [-0.2, 0) is 0 Å². The van der Waals surface area contributed by atoms with Gasteiger partial charge >= 0.3 is 0 Å². The van der Waals surface area contributed by atoms with Crippen LogP contribution in [0.15, 0.2) is 72.8 Å². The largest absolute Gasteiger partial charge is 0.280 e. The molecule has 0 saturated carbocycles. The van der Waals surface area contributed by atoms with Gasteiger partial charge in [-0.05, 0) is 42.5 Å². The molecular weight excluding hydrogens is 398 g/mol. The first-order valence-electron chi connectivity index (χ1n) is 9.34. The molecule has 0 spiro atoms. The third-order valence-electron chi connectivity index (χ3n) is 5.17. The minimum absolute atomic E-state index is 0.0746. The van der Waals surface area contributed by atoms with E-state index in [-0.39, 0.29) is 33.5 Å². The van der Waals surface area contributed by atoms with Crippen LogP contribution in [0.5, 0.6) is 0 Å². The van der Waals surface area contributed by atoms with Crippen LogP contribution in [-0.4, -0.2) is 34.5 Å². The molecule has 5 amide bonds. The smallest absolute Gasteiger partial charge is 0.268 e. The molecule has 0 fully saturated rings. The van der Waals surface area contributed by atoms with Crippen LogP contribution in [0, 0.1) is 0 Å². The highest BCUT2D eigenvalue weighted by molar-refractivity contribution is 6.34. The summed E-state index contributed by atoms with van der Waals surface area (Å²) in [4.78, 5) is 64.0. The Morgan fingerprint density at radius 1 is 0.613 bits per heavy atom. The Kier molecular flexibility index (Phi) is 4.01. The molecule has 8 heteroatoms. The van der Waals surface area contributed by atoms with E-state index in [2.05, 4.69) is 5.43 Å². The fourth-order valence-corrected chi connectivity index (χ4v) is 3.67. The second-order valence-corrected chi connectivity index (χ2v) is 6.97. The molecule has 2 aliphatic rings. The summed E-state index contributed by atoms with van der Waals surface area (Å²) in [7, 11) is 0. The predicted molar refractivity (Wildman–Crippen MR) is 108 cm³/mol. The number of hydrogen-bond acceptors (Lipinski definition) is 5. The van der Waals surface area contributed by atoms with Gasteiger partial charge < -0.3 is 0 Å². The van der Waals surface area contributed by atoms with Crippen molar-refractivity contribution in [3.05, 3.63) is 101 Å². The third kappa shape index (κ3) is 2.73. The number of imide groups is 2. The van der Waals surface area contributed by atoms with E-state index in [4.69, 9.17) is 0 Å². The molecule has 150 valence electrons. The molecule has 3 aromatic rings. The normalized spacial score (nSPS) is 14.7. The van der Waals surface area contributed by atoms with Gasteiger partial charge in [0.25, 0.3) is 29.5 Å². The van der Waals surface area contributed by atoms with Gasteiger partial charge in [-0.15, -0.1) is 0 Å². The van der Waals surface area contributed by atoms with Gasteiger partial charge in [0.2, 0.25) is 0 Å². The summed E-state index contributed by atoms with van der Waals surface area (Å²) >= 11 is 0. The lowest BCUT2D eigenvalue weighted by atomic mass is 10.1. The van der Waals surface area contributed by atoms with E-state index in [0.29, 0.717) is 5.01 Å². The van der Waals surface area contributed by atoms with Gasteiger partial charge in [-0.2, -0.15) is 5.01 Å².